The average molecular weight is 328 g/mol. The number of thiazole rings is 1. The Morgan fingerprint density at radius 2 is 2.05 bits per heavy atom. The molecule has 112 valence electrons. The molecule has 0 radical (unpaired) electrons. The molecule has 0 bridgehead atoms. The molecule has 1 aromatic heterocycles. The van der Waals surface area contributed by atoms with Crippen LogP contribution in [-0.4, -0.2) is 16.6 Å². The molecular formula is C17H16N2OS2. The summed E-state index contributed by atoms with van der Waals surface area (Å²) in [5.41, 5.74) is 4.16. The molecule has 1 heterocycles. The van der Waals surface area contributed by atoms with Crippen molar-refractivity contribution in [3.63, 3.8) is 0 Å². The van der Waals surface area contributed by atoms with Crippen LogP contribution in [0.1, 0.15) is 11.1 Å². The summed E-state index contributed by atoms with van der Waals surface area (Å²) in [6.07, 6.45) is 0. The van der Waals surface area contributed by atoms with Crippen molar-refractivity contribution in [2.45, 2.75) is 18.2 Å². The van der Waals surface area contributed by atoms with Gasteiger partial charge < -0.3 is 5.32 Å². The third-order valence-corrected chi connectivity index (χ3v) is 5.43. The first-order chi connectivity index (χ1) is 10.6. The van der Waals surface area contributed by atoms with Gasteiger partial charge in [-0.1, -0.05) is 36.0 Å². The van der Waals surface area contributed by atoms with Crippen molar-refractivity contribution in [1.29, 1.82) is 0 Å². The number of rotatable bonds is 4. The van der Waals surface area contributed by atoms with Crippen LogP contribution in [0.2, 0.25) is 0 Å². The van der Waals surface area contributed by atoms with Gasteiger partial charge in [-0.15, -0.1) is 11.3 Å². The predicted octanol–water partition coefficient (Wildman–Crippen LogP) is 4.64. The summed E-state index contributed by atoms with van der Waals surface area (Å²) in [6, 6.07) is 14.0. The van der Waals surface area contributed by atoms with Crippen molar-refractivity contribution in [1.82, 2.24) is 4.98 Å². The first-order valence-electron chi connectivity index (χ1n) is 6.97. The minimum absolute atomic E-state index is 0.00487. The van der Waals surface area contributed by atoms with Crippen molar-refractivity contribution >= 4 is 44.9 Å². The molecule has 1 N–H and O–H groups in total. The molecule has 0 aliphatic heterocycles. The number of carbonyl (C=O) groups excluding carboxylic acids is 1. The Kier molecular flexibility index (Phi) is 4.45. The summed E-state index contributed by atoms with van der Waals surface area (Å²) in [5, 5.41) is 2.94. The zero-order valence-corrected chi connectivity index (χ0v) is 14.1. The molecular weight excluding hydrogens is 312 g/mol. The molecule has 3 nitrogen and oxygen atoms in total. The zero-order chi connectivity index (χ0) is 15.5. The van der Waals surface area contributed by atoms with Crippen molar-refractivity contribution < 1.29 is 4.79 Å². The van der Waals surface area contributed by atoms with Crippen molar-refractivity contribution in [3.05, 3.63) is 53.6 Å². The summed E-state index contributed by atoms with van der Waals surface area (Å²) in [7, 11) is 0. The number of hydrogen-bond acceptors (Lipinski definition) is 4. The van der Waals surface area contributed by atoms with Gasteiger partial charge in [-0.05, 0) is 43.2 Å². The molecule has 0 unspecified atom stereocenters. The molecule has 0 aliphatic carbocycles. The highest BCUT2D eigenvalue weighted by molar-refractivity contribution is 8.01. The molecule has 5 heteroatoms. The molecule has 3 aromatic rings. The third-order valence-electron chi connectivity index (χ3n) is 3.27. The maximum absolute atomic E-state index is 12.1. The van der Waals surface area contributed by atoms with Crippen LogP contribution < -0.4 is 5.32 Å². The van der Waals surface area contributed by atoms with Gasteiger partial charge in [-0.25, -0.2) is 4.98 Å². The van der Waals surface area contributed by atoms with E-state index in [9.17, 15) is 4.79 Å². The van der Waals surface area contributed by atoms with E-state index in [1.807, 2.05) is 37.3 Å². The standard InChI is InChI=1S/C17H16N2OS2/c1-11-7-8-14-15(9-11)22-17(19-14)21-10-16(20)18-13-6-4-3-5-12(13)2/h3-9H,10H2,1-2H3,(H,18,20). The van der Waals surface area contributed by atoms with Gasteiger partial charge >= 0.3 is 0 Å². The van der Waals surface area contributed by atoms with E-state index >= 15 is 0 Å². The Morgan fingerprint density at radius 3 is 2.86 bits per heavy atom. The molecule has 1 amide bonds. The normalized spacial score (nSPS) is 10.8. The maximum Gasteiger partial charge on any atom is 0.234 e. The van der Waals surface area contributed by atoms with Crippen LogP contribution in [0.5, 0.6) is 0 Å². The Labute approximate surface area is 137 Å². The zero-order valence-electron chi connectivity index (χ0n) is 12.4. The molecule has 0 aliphatic rings. The van der Waals surface area contributed by atoms with E-state index in [1.54, 1.807) is 11.3 Å². The highest BCUT2D eigenvalue weighted by Gasteiger charge is 2.09. The van der Waals surface area contributed by atoms with Gasteiger partial charge in [-0.2, -0.15) is 0 Å². The number of carbonyl (C=O) groups is 1. The highest BCUT2D eigenvalue weighted by atomic mass is 32.2. The predicted molar refractivity (Wildman–Crippen MR) is 94.9 cm³/mol. The number of aryl methyl sites for hydroxylation is 2. The van der Waals surface area contributed by atoms with E-state index < -0.39 is 0 Å². The molecule has 0 atom stereocenters. The first-order valence-corrected chi connectivity index (χ1v) is 8.77. The molecule has 2 aromatic carbocycles. The van der Waals surface area contributed by atoms with Crippen LogP contribution in [0.25, 0.3) is 10.2 Å². The number of thioether (sulfide) groups is 1. The van der Waals surface area contributed by atoms with Gasteiger partial charge in [0.05, 0.1) is 16.0 Å². The van der Waals surface area contributed by atoms with Gasteiger partial charge in [-0.3, -0.25) is 4.79 Å². The molecule has 3 rings (SSSR count). The lowest BCUT2D eigenvalue weighted by molar-refractivity contribution is -0.113. The minimum atomic E-state index is -0.00487. The van der Waals surface area contributed by atoms with Crippen LogP contribution in [0, 0.1) is 13.8 Å². The third kappa shape index (κ3) is 3.48. The molecule has 0 saturated carbocycles. The van der Waals surface area contributed by atoms with Crippen molar-refractivity contribution in [2.75, 3.05) is 11.1 Å². The van der Waals surface area contributed by atoms with Gasteiger partial charge in [0.1, 0.15) is 0 Å². The van der Waals surface area contributed by atoms with Crippen molar-refractivity contribution in [3.8, 4) is 0 Å². The fourth-order valence-corrected chi connectivity index (χ4v) is 4.07. The highest BCUT2D eigenvalue weighted by Crippen LogP contribution is 2.30. The second kappa shape index (κ2) is 6.50. The number of fused-ring (bicyclic) bond motifs is 1. The van der Waals surface area contributed by atoms with E-state index in [1.165, 1.54) is 22.0 Å². The minimum Gasteiger partial charge on any atom is -0.325 e. The Bertz CT molecular complexity index is 826. The van der Waals surface area contributed by atoms with Crippen LogP contribution in [0.15, 0.2) is 46.8 Å². The fourth-order valence-electron chi connectivity index (χ4n) is 2.10. The Morgan fingerprint density at radius 1 is 1.23 bits per heavy atom. The topological polar surface area (TPSA) is 42.0 Å². The van der Waals surface area contributed by atoms with E-state index in [0.29, 0.717) is 5.75 Å². The monoisotopic (exact) mass is 328 g/mol. The lowest BCUT2D eigenvalue weighted by Crippen LogP contribution is -2.14. The Hall–Kier alpha value is -1.85. The first kappa shape index (κ1) is 15.1. The summed E-state index contributed by atoms with van der Waals surface area (Å²) in [5.74, 6) is 0.363. The number of nitrogens with one attached hydrogen (secondary N) is 1. The summed E-state index contributed by atoms with van der Waals surface area (Å²) < 4.78 is 2.10. The summed E-state index contributed by atoms with van der Waals surface area (Å²) in [6.45, 7) is 4.06. The van der Waals surface area contributed by atoms with Crippen molar-refractivity contribution in [2.24, 2.45) is 0 Å². The van der Waals surface area contributed by atoms with Crippen LogP contribution in [0.3, 0.4) is 0 Å². The van der Waals surface area contributed by atoms with E-state index in [2.05, 4.69) is 29.4 Å². The number of amides is 1. The largest absolute Gasteiger partial charge is 0.325 e. The van der Waals surface area contributed by atoms with Gasteiger partial charge in [0.15, 0.2) is 4.34 Å². The number of hydrogen-bond donors (Lipinski definition) is 1. The van der Waals surface area contributed by atoms with E-state index in [0.717, 1.165) is 21.1 Å². The lowest BCUT2D eigenvalue weighted by atomic mass is 10.2. The Balaban J connectivity index is 1.63. The van der Waals surface area contributed by atoms with Crippen LogP contribution >= 0.6 is 23.1 Å². The number of para-hydroxylation sites is 1. The smallest absolute Gasteiger partial charge is 0.234 e. The lowest BCUT2D eigenvalue weighted by Gasteiger charge is -2.06. The summed E-state index contributed by atoms with van der Waals surface area (Å²) in [4.78, 5) is 16.6. The average Bonchev–Trinajstić information content (AvgIpc) is 2.89. The van der Waals surface area contributed by atoms with Crippen LogP contribution in [0.4, 0.5) is 5.69 Å². The number of benzene rings is 2. The van der Waals surface area contributed by atoms with E-state index in [-0.39, 0.29) is 5.91 Å². The van der Waals surface area contributed by atoms with Gasteiger partial charge in [0, 0.05) is 5.69 Å². The molecule has 0 spiro atoms. The van der Waals surface area contributed by atoms with Crippen LogP contribution in [-0.2, 0) is 4.79 Å². The maximum atomic E-state index is 12.1. The van der Waals surface area contributed by atoms with E-state index in [4.69, 9.17) is 0 Å². The molecule has 0 saturated heterocycles. The fraction of sp³-hybridized carbons (Fsp3) is 0.176. The molecule has 22 heavy (non-hydrogen) atoms. The SMILES string of the molecule is Cc1ccc2nc(SCC(=O)Nc3ccccc3C)sc2c1. The number of nitrogens with zero attached hydrogens (tertiary/aromatic N) is 1. The number of aromatic nitrogens is 1. The van der Waals surface area contributed by atoms with Gasteiger partial charge in [0.2, 0.25) is 5.91 Å². The quantitative estimate of drug-likeness (QED) is 0.709. The number of anilines is 1. The second-order valence-electron chi connectivity index (χ2n) is 5.10. The summed E-state index contributed by atoms with van der Waals surface area (Å²) >= 11 is 3.12. The molecule has 0 fully saturated rings. The second-order valence-corrected chi connectivity index (χ2v) is 7.36. The van der Waals surface area contributed by atoms with Gasteiger partial charge in [0.25, 0.3) is 0 Å².